The fourth-order valence-corrected chi connectivity index (χ4v) is 1.83. The summed E-state index contributed by atoms with van der Waals surface area (Å²) in [6.45, 7) is 0. The van der Waals surface area contributed by atoms with Crippen LogP contribution in [0.25, 0.3) is 0 Å². The topological polar surface area (TPSA) is 17.1 Å². The second-order valence-electron chi connectivity index (χ2n) is 3.55. The van der Waals surface area contributed by atoms with E-state index in [2.05, 4.69) is 0 Å². The lowest BCUT2D eigenvalue weighted by atomic mass is 9.96. The maximum Gasteiger partial charge on any atom is 0.127 e. The second kappa shape index (κ2) is 3.51. The van der Waals surface area contributed by atoms with Gasteiger partial charge in [-0.3, -0.25) is 0 Å². The third-order valence-electron chi connectivity index (χ3n) is 2.51. The van der Waals surface area contributed by atoms with Crippen molar-refractivity contribution in [3.63, 3.8) is 0 Å². The van der Waals surface area contributed by atoms with Crippen LogP contribution in [0.2, 0.25) is 5.02 Å². The highest BCUT2D eigenvalue weighted by molar-refractivity contribution is 6.30. The summed E-state index contributed by atoms with van der Waals surface area (Å²) in [6, 6.07) is 7.60. The Balaban J connectivity index is 2.26. The average Bonchev–Trinajstić information content (AvgIpc) is 2.90. The Morgan fingerprint density at radius 1 is 1.46 bits per heavy atom. The van der Waals surface area contributed by atoms with E-state index in [9.17, 15) is 4.79 Å². The zero-order valence-corrected chi connectivity index (χ0v) is 8.00. The Bertz CT molecular complexity index is 318. The third kappa shape index (κ3) is 1.92. The molecule has 0 amide bonds. The Morgan fingerprint density at radius 3 is 2.77 bits per heavy atom. The van der Waals surface area contributed by atoms with Crippen LogP contribution in [0.3, 0.4) is 0 Å². The van der Waals surface area contributed by atoms with Gasteiger partial charge in [0.25, 0.3) is 0 Å². The number of benzene rings is 1. The minimum absolute atomic E-state index is 0.0682. The van der Waals surface area contributed by atoms with Crippen LogP contribution in [0.4, 0.5) is 0 Å². The summed E-state index contributed by atoms with van der Waals surface area (Å²) >= 11 is 5.86. The van der Waals surface area contributed by atoms with Crippen LogP contribution in [0.15, 0.2) is 24.3 Å². The molecule has 13 heavy (non-hydrogen) atoms. The summed E-state index contributed by atoms with van der Waals surface area (Å²) < 4.78 is 0. The number of halogens is 1. The number of rotatable bonds is 3. The standard InChI is InChI=1S/C11H11ClO/c12-10-3-1-2-9(6-10)11(7-13)8-4-5-8/h1-3,6-8,11H,4-5H2. The normalized spacial score (nSPS) is 18.2. The van der Waals surface area contributed by atoms with Crippen LogP contribution in [0.5, 0.6) is 0 Å². The molecule has 1 aromatic rings. The summed E-state index contributed by atoms with van der Waals surface area (Å²) in [4.78, 5) is 10.9. The minimum Gasteiger partial charge on any atom is -0.303 e. The zero-order valence-electron chi connectivity index (χ0n) is 7.24. The highest BCUT2D eigenvalue weighted by Crippen LogP contribution is 2.41. The van der Waals surface area contributed by atoms with Gasteiger partial charge in [-0.1, -0.05) is 23.7 Å². The van der Waals surface area contributed by atoms with Gasteiger partial charge in [-0.2, -0.15) is 0 Å². The van der Waals surface area contributed by atoms with E-state index >= 15 is 0 Å². The highest BCUT2D eigenvalue weighted by atomic mass is 35.5. The number of carbonyl (C=O) groups is 1. The summed E-state index contributed by atoms with van der Waals surface area (Å²) in [6.07, 6.45) is 3.40. The van der Waals surface area contributed by atoms with Crippen LogP contribution in [0, 0.1) is 5.92 Å². The first-order valence-corrected chi connectivity index (χ1v) is 4.90. The fraction of sp³-hybridized carbons (Fsp3) is 0.364. The molecule has 2 rings (SSSR count). The van der Waals surface area contributed by atoms with Gasteiger partial charge in [-0.15, -0.1) is 0 Å². The molecule has 0 radical (unpaired) electrons. The molecule has 0 aliphatic heterocycles. The molecule has 0 heterocycles. The maximum atomic E-state index is 10.9. The summed E-state index contributed by atoms with van der Waals surface area (Å²) in [7, 11) is 0. The molecule has 0 bridgehead atoms. The van der Waals surface area contributed by atoms with E-state index in [0.29, 0.717) is 10.9 Å². The zero-order chi connectivity index (χ0) is 9.26. The molecular formula is C11H11ClO. The van der Waals surface area contributed by atoms with Crippen molar-refractivity contribution in [3.05, 3.63) is 34.9 Å². The van der Waals surface area contributed by atoms with Crippen molar-refractivity contribution in [1.82, 2.24) is 0 Å². The molecule has 0 spiro atoms. The molecule has 1 nitrogen and oxygen atoms in total. The third-order valence-corrected chi connectivity index (χ3v) is 2.75. The van der Waals surface area contributed by atoms with Crippen molar-refractivity contribution in [2.24, 2.45) is 5.92 Å². The van der Waals surface area contributed by atoms with E-state index in [1.54, 1.807) is 0 Å². The molecule has 2 heteroatoms. The van der Waals surface area contributed by atoms with Crippen LogP contribution in [-0.4, -0.2) is 6.29 Å². The van der Waals surface area contributed by atoms with E-state index in [-0.39, 0.29) is 5.92 Å². The molecule has 0 N–H and O–H groups in total. The van der Waals surface area contributed by atoms with Gasteiger partial charge in [-0.05, 0) is 36.5 Å². The maximum absolute atomic E-state index is 10.9. The Hall–Kier alpha value is -0.820. The first-order valence-electron chi connectivity index (χ1n) is 4.52. The van der Waals surface area contributed by atoms with Gasteiger partial charge in [0.1, 0.15) is 6.29 Å². The molecule has 1 aliphatic carbocycles. The number of hydrogen-bond acceptors (Lipinski definition) is 1. The molecule has 68 valence electrons. The summed E-state index contributed by atoms with van der Waals surface area (Å²) in [5, 5.41) is 0.713. The molecular weight excluding hydrogens is 184 g/mol. The van der Waals surface area contributed by atoms with E-state index in [1.165, 1.54) is 12.8 Å². The van der Waals surface area contributed by atoms with Crippen LogP contribution >= 0.6 is 11.6 Å². The lowest BCUT2D eigenvalue weighted by Gasteiger charge is -2.08. The lowest BCUT2D eigenvalue weighted by molar-refractivity contribution is -0.109. The first kappa shape index (κ1) is 8.76. The Morgan fingerprint density at radius 2 is 2.23 bits per heavy atom. The van der Waals surface area contributed by atoms with Crippen molar-refractivity contribution >= 4 is 17.9 Å². The monoisotopic (exact) mass is 194 g/mol. The highest BCUT2D eigenvalue weighted by Gasteiger charge is 2.31. The molecule has 0 saturated heterocycles. The Labute approximate surface area is 82.7 Å². The van der Waals surface area contributed by atoms with Gasteiger partial charge in [0, 0.05) is 10.9 Å². The quantitative estimate of drug-likeness (QED) is 0.676. The van der Waals surface area contributed by atoms with Crippen molar-refractivity contribution in [1.29, 1.82) is 0 Å². The number of aldehydes is 1. The van der Waals surface area contributed by atoms with Gasteiger partial charge in [0.05, 0.1) is 0 Å². The smallest absolute Gasteiger partial charge is 0.127 e. The molecule has 1 atom stereocenters. The van der Waals surface area contributed by atoms with Crippen molar-refractivity contribution < 1.29 is 4.79 Å². The largest absolute Gasteiger partial charge is 0.303 e. The summed E-state index contributed by atoms with van der Waals surface area (Å²) in [5.41, 5.74) is 1.06. The average molecular weight is 195 g/mol. The van der Waals surface area contributed by atoms with Gasteiger partial charge >= 0.3 is 0 Å². The van der Waals surface area contributed by atoms with Gasteiger partial charge in [-0.25, -0.2) is 0 Å². The van der Waals surface area contributed by atoms with E-state index in [1.807, 2.05) is 24.3 Å². The first-order chi connectivity index (χ1) is 6.31. The molecule has 0 aromatic heterocycles. The molecule has 1 unspecified atom stereocenters. The van der Waals surface area contributed by atoms with Crippen LogP contribution < -0.4 is 0 Å². The summed E-state index contributed by atoms with van der Waals surface area (Å²) in [5.74, 6) is 0.634. The number of carbonyl (C=O) groups excluding carboxylic acids is 1. The predicted octanol–water partition coefficient (Wildman–Crippen LogP) is 3.03. The number of hydrogen-bond donors (Lipinski definition) is 0. The van der Waals surface area contributed by atoms with Gasteiger partial charge in [0.15, 0.2) is 0 Å². The Kier molecular flexibility index (Phi) is 2.36. The fourth-order valence-electron chi connectivity index (χ4n) is 1.63. The van der Waals surface area contributed by atoms with Crippen molar-refractivity contribution in [3.8, 4) is 0 Å². The lowest BCUT2D eigenvalue weighted by Crippen LogP contribution is -2.01. The molecule has 1 saturated carbocycles. The van der Waals surface area contributed by atoms with Crippen LogP contribution in [0.1, 0.15) is 24.3 Å². The minimum atomic E-state index is 0.0682. The van der Waals surface area contributed by atoms with E-state index < -0.39 is 0 Å². The predicted molar refractivity (Wildman–Crippen MR) is 53.0 cm³/mol. The molecule has 1 fully saturated rings. The second-order valence-corrected chi connectivity index (χ2v) is 3.99. The molecule has 1 aromatic carbocycles. The van der Waals surface area contributed by atoms with Gasteiger partial charge in [0.2, 0.25) is 0 Å². The molecule has 1 aliphatic rings. The SMILES string of the molecule is O=CC(c1cccc(Cl)c1)C1CC1. The van der Waals surface area contributed by atoms with Crippen molar-refractivity contribution in [2.45, 2.75) is 18.8 Å². The van der Waals surface area contributed by atoms with Crippen LogP contribution in [-0.2, 0) is 4.79 Å². The van der Waals surface area contributed by atoms with Gasteiger partial charge < -0.3 is 4.79 Å². The van der Waals surface area contributed by atoms with Crippen molar-refractivity contribution in [2.75, 3.05) is 0 Å². The van der Waals surface area contributed by atoms with E-state index in [4.69, 9.17) is 11.6 Å². The van der Waals surface area contributed by atoms with E-state index in [0.717, 1.165) is 11.8 Å².